The zero-order valence-corrected chi connectivity index (χ0v) is 25.0. The first-order valence-corrected chi connectivity index (χ1v) is 15.2. The van der Waals surface area contributed by atoms with Crippen molar-refractivity contribution in [2.24, 2.45) is 0 Å². The van der Waals surface area contributed by atoms with Gasteiger partial charge in [0.15, 0.2) is 5.75 Å². The first-order chi connectivity index (χ1) is 19.8. The second kappa shape index (κ2) is 14.2. The highest BCUT2D eigenvalue weighted by Gasteiger charge is 2.28. The summed E-state index contributed by atoms with van der Waals surface area (Å²) in [4.78, 5) is 26.0. The summed E-state index contributed by atoms with van der Waals surface area (Å²) < 4.78 is 57.5. The van der Waals surface area contributed by atoms with Crippen LogP contribution >= 0.6 is 0 Å². The third-order valence-electron chi connectivity index (χ3n) is 6.15. The van der Waals surface area contributed by atoms with Crippen LogP contribution in [0.4, 0.5) is 14.9 Å². The van der Waals surface area contributed by atoms with E-state index in [-0.39, 0.29) is 30.9 Å². The molecule has 0 N–H and O–H groups in total. The molecular formula is C30H36FN3O7S. The van der Waals surface area contributed by atoms with Gasteiger partial charge in [-0.1, -0.05) is 18.2 Å². The fourth-order valence-electron chi connectivity index (χ4n) is 4.19. The van der Waals surface area contributed by atoms with Gasteiger partial charge in [0.2, 0.25) is 10.0 Å². The quantitative estimate of drug-likeness (QED) is 0.353. The molecular weight excluding hydrogens is 565 g/mol. The predicted octanol–water partition coefficient (Wildman–Crippen LogP) is 4.89. The zero-order chi connectivity index (χ0) is 30.9. The number of halogens is 1. The fraction of sp³-hybridized carbons (Fsp3) is 0.433. The van der Waals surface area contributed by atoms with Gasteiger partial charge in [-0.25, -0.2) is 17.6 Å². The van der Waals surface area contributed by atoms with Crippen LogP contribution in [-0.4, -0.2) is 69.1 Å². The lowest BCUT2D eigenvalue weighted by Crippen LogP contribution is -2.44. The highest BCUT2D eigenvalue weighted by Crippen LogP contribution is 2.26. The van der Waals surface area contributed by atoms with E-state index in [4.69, 9.17) is 19.5 Å². The van der Waals surface area contributed by atoms with Crippen molar-refractivity contribution in [3.05, 3.63) is 65.5 Å². The molecule has 0 aromatic heterocycles. The van der Waals surface area contributed by atoms with E-state index in [1.807, 2.05) is 20.8 Å². The molecule has 1 amide bonds. The molecule has 2 aromatic carbocycles. The van der Waals surface area contributed by atoms with Crippen molar-refractivity contribution < 1.29 is 36.6 Å². The summed E-state index contributed by atoms with van der Waals surface area (Å²) in [5, 5.41) is 9.06. The average Bonchev–Trinajstić information content (AvgIpc) is 2.91. The first-order valence-electron chi connectivity index (χ1n) is 13.6. The van der Waals surface area contributed by atoms with E-state index in [1.165, 1.54) is 12.1 Å². The minimum absolute atomic E-state index is 0.0444. The highest BCUT2D eigenvalue weighted by atomic mass is 32.2. The van der Waals surface area contributed by atoms with E-state index in [0.717, 1.165) is 10.4 Å². The summed E-state index contributed by atoms with van der Waals surface area (Å²) in [5.74, 6) is -1.84. The molecule has 0 unspecified atom stereocenters. The van der Waals surface area contributed by atoms with Crippen molar-refractivity contribution >= 4 is 33.8 Å². The molecule has 1 fully saturated rings. The van der Waals surface area contributed by atoms with E-state index < -0.39 is 33.2 Å². The number of nitrogens with zero attached hydrogens (tertiary/aromatic N) is 3. The molecule has 2 aromatic rings. The summed E-state index contributed by atoms with van der Waals surface area (Å²) in [6, 6.07) is 12.2. The lowest BCUT2D eigenvalue weighted by atomic mass is 10.1. The number of sulfonamides is 1. The second-order valence-corrected chi connectivity index (χ2v) is 12.5. The Morgan fingerprint density at radius 2 is 1.81 bits per heavy atom. The van der Waals surface area contributed by atoms with Crippen molar-refractivity contribution in [2.75, 3.05) is 36.3 Å². The lowest BCUT2D eigenvalue weighted by Gasteiger charge is -2.33. The number of carbonyl (C=O) groups excluding carboxylic acids is 2. The maximum Gasteiger partial charge on any atom is 0.410 e. The third-order valence-corrected chi connectivity index (χ3v) is 7.79. The number of nitriles is 1. The maximum atomic E-state index is 13.7. The van der Waals surface area contributed by atoms with Gasteiger partial charge in [-0.3, -0.25) is 9.10 Å². The number of carbonyl (C=O) groups is 2. The second-order valence-electron chi connectivity index (χ2n) is 10.6. The molecule has 1 saturated heterocycles. The van der Waals surface area contributed by atoms with E-state index >= 15 is 0 Å². The van der Waals surface area contributed by atoms with Crippen LogP contribution in [0, 0.1) is 17.1 Å². The van der Waals surface area contributed by atoms with Crippen molar-refractivity contribution in [3.63, 3.8) is 0 Å². The summed E-state index contributed by atoms with van der Waals surface area (Å²) in [7, 11) is -4.13. The van der Waals surface area contributed by atoms with Crippen molar-refractivity contribution in [2.45, 2.75) is 52.2 Å². The summed E-state index contributed by atoms with van der Waals surface area (Å²) in [6.07, 6.45) is 3.85. The van der Waals surface area contributed by atoms with E-state index in [0.29, 0.717) is 42.9 Å². The maximum absolute atomic E-state index is 13.7. The van der Waals surface area contributed by atoms with Gasteiger partial charge < -0.3 is 19.1 Å². The van der Waals surface area contributed by atoms with Crippen LogP contribution in [-0.2, 0) is 24.3 Å². The van der Waals surface area contributed by atoms with Crippen LogP contribution in [0.3, 0.4) is 0 Å². The van der Waals surface area contributed by atoms with E-state index in [1.54, 1.807) is 54.3 Å². The van der Waals surface area contributed by atoms with Gasteiger partial charge in [-0.2, -0.15) is 5.26 Å². The summed E-state index contributed by atoms with van der Waals surface area (Å²) in [6.45, 7) is 7.95. The molecule has 0 spiro atoms. The largest absolute Gasteiger partial charge is 0.490 e. The number of ether oxygens (including phenoxy) is 3. The standard InChI is InChI=1S/C30H36FN3O7S/c1-5-39-28(35)21-42(37,38)34(16-6-7-22-8-13-27(31)23(19-22)20-32)24-9-11-25(12-10-24)40-26-14-17-33(18-15-26)29(36)41-30(2,3)4/h6-13,19,26H,5,14-18,21H2,1-4H3. The van der Waals surface area contributed by atoms with Gasteiger partial charge in [0.25, 0.3) is 0 Å². The van der Waals surface area contributed by atoms with Crippen LogP contribution in [0.25, 0.3) is 6.08 Å². The Labute approximate surface area is 246 Å². The van der Waals surface area contributed by atoms with Crippen molar-refractivity contribution in [1.82, 2.24) is 4.90 Å². The van der Waals surface area contributed by atoms with Gasteiger partial charge in [0.1, 0.15) is 29.3 Å². The Kier molecular flexibility index (Phi) is 10.9. The molecule has 1 aliphatic heterocycles. The average molecular weight is 602 g/mol. The first kappa shape index (κ1) is 32.4. The molecule has 10 nitrogen and oxygen atoms in total. The monoisotopic (exact) mass is 601 g/mol. The smallest absolute Gasteiger partial charge is 0.410 e. The lowest BCUT2D eigenvalue weighted by molar-refractivity contribution is -0.139. The van der Waals surface area contributed by atoms with E-state index in [9.17, 15) is 22.4 Å². The third kappa shape index (κ3) is 9.48. The normalized spacial score (nSPS) is 14.3. The minimum Gasteiger partial charge on any atom is -0.490 e. The fourth-order valence-corrected chi connectivity index (χ4v) is 5.49. The number of hydrogen-bond acceptors (Lipinski definition) is 8. The van der Waals surface area contributed by atoms with Crippen molar-refractivity contribution in [1.29, 1.82) is 5.26 Å². The van der Waals surface area contributed by atoms with E-state index in [2.05, 4.69) is 0 Å². The van der Waals surface area contributed by atoms with Crippen LogP contribution < -0.4 is 9.04 Å². The molecule has 42 heavy (non-hydrogen) atoms. The molecule has 226 valence electrons. The predicted molar refractivity (Wildman–Crippen MR) is 156 cm³/mol. The highest BCUT2D eigenvalue weighted by molar-refractivity contribution is 7.93. The van der Waals surface area contributed by atoms with Gasteiger partial charge in [0, 0.05) is 25.9 Å². The summed E-state index contributed by atoms with van der Waals surface area (Å²) >= 11 is 0. The number of anilines is 1. The van der Waals surface area contributed by atoms with Gasteiger partial charge in [-0.15, -0.1) is 0 Å². The SMILES string of the molecule is CCOC(=O)CS(=O)(=O)N(CC=Cc1ccc(F)c(C#N)c1)c1ccc(OC2CCN(C(=O)OC(C)(C)C)CC2)cc1. The Hall–Kier alpha value is -4.11. The summed E-state index contributed by atoms with van der Waals surface area (Å²) in [5.41, 5.74) is 0.113. The number of rotatable bonds is 10. The van der Waals surface area contributed by atoms with Crippen molar-refractivity contribution in [3.8, 4) is 11.8 Å². The molecule has 3 rings (SSSR count). The minimum atomic E-state index is -4.13. The molecule has 0 radical (unpaired) electrons. The Balaban J connectivity index is 1.71. The molecule has 0 bridgehead atoms. The zero-order valence-electron chi connectivity index (χ0n) is 24.2. The number of piperidine rings is 1. The Morgan fingerprint density at radius 1 is 1.14 bits per heavy atom. The molecule has 1 aliphatic rings. The molecule has 0 aliphatic carbocycles. The molecule has 0 atom stereocenters. The molecule has 12 heteroatoms. The van der Waals surface area contributed by atoms with Gasteiger partial charge in [-0.05, 0) is 69.7 Å². The number of amides is 1. The topological polar surface area (TPSA) is 126 Å². The molecule has 0 saturated carbocycles. The number of likely N-dealkylation sites (tertiary alicyclic amines) is 1. The Bertz CT molecular complexity index is 1420. The van der Waals surface area contributed by atoms with Gasteiger partial charge >= 0.3 is 12.1 Å². The van der Waals surface area contributed by atoms with Crippen LogP contribution in [0.2, 0.25) is 0 Å². The Morgan fingerprint density at radius 3 is 2.40 bits per heavy atom. The van der Waals surface area contributed by atoms with Crippen LogP contribution in [0.1, 0.15) is 51.7 Å². The van der Waals surface area contributed by atoms with Crippen LogP contribution in [0.5, 0.6) is 5.75 Å². The van der Waals surface area contributed by atoms with Gasteiger partial charge in [0.05, 0.1) is 24.4 Å². The van der Waals surface area contributed by atoms with Crippen LogP contribution in [0.15, 0.2) is 48.5 Å². The number of hydrogen-bond donors (Lipinski definition) is 0. The number of esters is 1. The number of benzene rings is 2. The molecule has 1 heterocycles.